The third-order valence-corrected chi connectivity index (χ3v) is 5.60. The molecule has 0 saturated carbocycles. The fraction of sp³-hybridized carbons (Fsp3) is 0.300. The number of imidazole rings is 1. The number of hydrogen-bond donors (Lipinski definition) is 1. The SMILES string of the molecule is CC1CN(C(=O)c2ccc(SCc3cn4ccccc4n3)cc2)CCN1. The molecule has 0 bridgehead atoms. The number of pyridine rings is 1. The van der Waals surface area contributed by atoms with Crippen molar-refractivity contribution in [2.45, 2.75) is 23.6 Å². The van der Waals surface area contributed by atoms with Crippen LogP contribution in [0.2, 0.25) is 0 Å². The average molecular weight is 366 g/mol. The minimum atomic E-state index is 0.121. The monoisotopic (exact) mass is 366 g/mol. The Morgan fingerprint density at radius 2 is 2.12 bits per heavy atom. The van der Waals surface area contributed by atoms with Gasteiger partial charge >= 0.3 is 0 Å². The van der Waals surface area contributed by atoms with E-state index in [1.165, 1.54) is 0 Å². The Morgan fingerprint density at radius 1 is 1.27 bits per heavy atom. The van der Waals surface area contributed by atoms with E-state index in [-0.39, 0.29) is 5.91 Å². The van der Waals surface area contributed by atoms with Gasteiger partial charge in [0.2, 0.25) is 0 Å². The Morgan fingerprint density at radius 3 is 2.88 bits per heavy atom. The number of nitrogens with one attached hydrogen (secondary N) is 1. The number of hydrogen-bond acceptors (Lipinski definition) is 4. The molecule has 1 fully saturated rings. The lowest BCUT2D eigenvalue weighted by molar-refractivity contribution is 0.0709. The van der Waals surface area contributed by atoms with Gasteiger partial charge in [0.1, 0.15) is 5.65 Å². The highest BCUT2D eigenvalue weighted by Crippen LogP contribution is 2.23. The number of nitrogens with zero attached hydrogens (tertiary/aromatic N) is 3. The zero-order valence-electron chi connectivity index (χ0n) is 14.8. The molecule has 4 rings (SSSR count). The minimum Gasteiger partial charge on any atom is -0.336 e. The maximum absolute atomic E-state index is 12.6. The Labute approximate surface area is 157 Å². The number of carbonyl (C=O) groups is 1. The van der Waals surface area contributed by atoms with Crippen LogP contribution >= 0.6 is 11.8 Å². The van der Waals surface area contributed by atoms with E-state index in [9.17, 15) is 4.79 Å². The summed E-state index contributed by atoms with van der Waals surface area (Å²) >= 11 is 1.73. The van der Waals surface area contributed by atoms with Gasteiger partial charge in [-0.25, -0.2) is 4.98 Å². The van der Waals surface area contributed by atoms with Crippen molar-refractivity contribution >= 4 is 23.3 Å². The molecular formula is C20H22N4OS. The molecule has 6 heteroatoms. The molecule has 26 heavy (non-hydrogen) atoms. The lowest BCUT2D eigenvalue weighted by atomic mass is 10.1. The van der Waals surface area contributed by atoms with Crippen molar-refractivity contribution in [2.24, 2.45) is 0 Å². The molecule has 1 N–H and O–H groups in total. The number of carbonyl (C=O) groups excluding carboxylic acids is 1. The first kappa shape index (κ1) is 17.1. The highest BCUT2D eigenvalue weighted by atomic mass is 32.2. The second-order valence-electron chi connectivity index (χ2n) is 6.62. The number of rotatable bonds is 4. The standard InChI is InChI=1S/C20H22N4OS/c1-15-12-24(11-9-21-15)20(25)16-5-7-18(8-6-16)26-14-17-13-23-10-3-2-4-19(23)22-17/h2-8,10,13,15,21H,9,11-12,14H2,1H3. The van der Waals surface area contributed by atoms with Crippen molar-refractivity contribution in [2.75, 3.05) is 19.6 Å². The topological polar surface area (TPSA) is 49.6 Å². The van der Waals surface area contributed by atoms with Crippen molar-refractivity contribution < 1.29 is 4.79 Å². The number of amides is 1. The van der Waals surface area contributed by atoms with Gasteiger partial charge in [0.15, 0.2) is 0 Å². The smallest absolute Gasteiger partial charge is 0.253 e. The second-order valence-corrected chi connectivity index (χ2v) is 7.67. The lowest BCUT2D eigenvalue weighted by Gasteiger charge is -2.32. The predicted octanol–water partition coefficient (Wildman–Crippen LogP) is 3.06. The summed E-state index contributed by atoms with van der Waals surface area (Å²) in [6, 6.07) is 14.3. The summed E-state index contributed by atoms with van der Waals surface area (Å²) in [5.41, 5.74) is 2.78. The second kappa shape index (κ2) is 7.51. The van der Waals surface area contributed by atoms with Crippen LogP contribution in [0.15, 0.2) is 59.8 Å². The van der Waals surface area contributed by atoms with Crippen molar-refractivity contribution in [3.8, 4) is 0 Å². The van der Waals surface area contributed by atoms with Gasteiger partial charge in [0, 0.05) is 54.3 Å². The van der Waals surface area contributed by atoms with Gasteiger partial charge in [-0.3, -0.25) is 4.79 Å². The molecule has 1 saturated heterocycles. The van der Waals surface area contributed by atoms with Crippen LogP contribution < -0.4 is 5.32 Å². The molecule has 1 aliphatic rings. The van der Waals surface area contributed by atoms with Crippen molar-refractivity contribution in [1.82, 2.24) is 19.6 Å². The van der Waals surface area contributed by atoms with E-state index in [0.717, 1.165) is 47.2 Å². The van der Waals surface area contributed by atoms with Crippen LogP contribution in [0.4, 0.5) is 0 Å². The number of benzene rings is 1. The maximum Gasteiger partial charge on any atom is 0.253 e. The third-order valence-electron chi connectivity index (χ3n) is 4.56. The van der Waals surface area contributed by atoms with Gasteiger partial charge in [0.25, 0.3) is 5.91 Å². The van der Waals surface area contributed by atoms with Gasteiger partial charge in [0.05, 0.1) is 5.69 Å². The molecule has 3 aromatic rings. The van der Waals surface area contributed by atoms with E-state index in [4.69, 9.17) is 0 Å². The maximum atomic E-state index is 12.6. The third kappa shape index (κ3) is 3.76. The zero-order valence-corrected chi connectivity index (χ0v) is 15.6. The van der Waals surface area contributed by atoms with E-state index in [2.05, 4.69) is 23.4 Å². The van der Waals surface area contributed by atoms with Gasteiger partial charge < -0.3 is 14.6 Å². The summed E-state index contributed by atoms with van der Waals surface area (Å²) in [5.74, 6) is 0.930. The normalized spacial score (nSPS) is 17.6. The van der Waals surface area contributed by atoms with Gasteiger partial charge in [-0.1, -0.05) is 6.07 Å². The summed E-state index contributed by atoms with van der Waals surface area (Å²) in [6.45, 7) is 4.51. The molecule has 3 heterocycles. The highest BCUT2D eigenvalue weighted by molar-refractivity contribution is 7.98. The summed E-state index contributed by atoms with van der Waals surface area (Å²) in [5, 5.41) is 3.36. The summed E-state index contributed by atoms with van der Waals surface area (Å²) in [7, 11) is 0. The van der Waals surface area contributed by atoms with E-state index in [1.807, 2.05) is 58.0 Å². The minimum absolute atomic E-state index is 0.121. The molecule has 1 unspecified atom stereocenters. The van der Waals surface area contributed by atoms with E-state index >= 15 is 0 Å². The first-order valence-corrected chi connectivity index (χ1v) is 9.86. The largest absolute Gasteiger partial charge is 0.336 e. The molecule has 5 nitrogen and oxygen atoms in total. The van der Waals surface area contributed by atoms with Gasteiger partial charge in [-0.15, -0.1) is 11.8 Å². The number of aromatic nitrogens is 2. The number of piperazine rings is 1. The number of thioether (sulfide) groups is 1. The molecule has 2 aromatic heterocycles. The molecular weight excluding hydrogens is 344 g/mol. The fourth-order valence-electron chi connectivity index (χ4n) is 3.21. The number of fused-ring (bicyclic) bond motifs is 1. The fourth-order valence-corrected chi connectivity index (χ4v) is 3.99. The Balaban J connectivity index is 1.38. The first-order valence-electron chi connectivity index (χ1n) is 8.87. The predicted molar refractivity (Wildman–Crippen MR) is 105 cm³/mol. The molecule has 134 valence electrons. The molecule has 1 aromatic carbocycles. The Bertz CT molecular complexity index is 873. The zero-order chi connectivity index (χ0) is 17.9. The van der Waals surface area contributed by atoms with Crippen molar-refractivity contribution in [1.29, 1.82) is 0 Å². The van der Waals surface area contributed by atoms with E-state index in [1.54, 1.807) is 11.8 Å². The van der Waals surface area contributed by atoms with Crippen molar-refractivity contribution in [3.05, 3.63) is 66.1 Å². The van der Waals surface area contributed by atoms with Crippen LogP contribution in [-0.4, -0.2) is 45.9 Å². The summed E-state index contributed by atoms with van der Waals surface area (Å²) in [6.07, 6.45) is 4.07. The van der Waals surface area contributed by atoms with Crippen LogP contribution in [0.5, 0.6) is 0 Å². The van der Waals surface area contributed by atoms with Crippen LogP contribution in [0.3, 0.4) is 0 Å². The first-order chi connectivity index (χ1) is 12.7. The summed E-state index contributed by atoms with van der Waals surface area (Å²) in [4.78, 5) is 20.3. The van der Waals surface area contributed by atoms with E-state index < -0.39 is 0 Å². The molecule has 1 amide bonds. The Hall–Kier alpha value is -2.31. The van der Waals surface area contributed by atoms with Crippen LogP contribution in [0.1, 0.15) is 23.0 Å². The molecule has 0 spiro atoms. The quantitative estimate of drug-likeness (QED) is 0.721. The van der Waals surface area contributed by atoms with Crippen LogP contribution in [0.25, 0.3) is 5.65 Å². The van der Waals surface area contributed by atoms with Gasteiger partial charge in [-0.2, -0.15) is 0 Å². The Kier molecular flexibility index (Phi) is 4.95. The van der Waals surface area contributed by atoms with Crippen LogP contribution in [-0.2, 0) is 5.75 Å². The van der Waals surface area contributed by atoms with Gasteiger partial charge in [-0.05, 0) is 43.3 Å². The average Bonchev–Trinajstić information content (AvgIpc) is 3.09. The summed E-state index contributed by atoms with van der Waals surface area (Å²) < 4.78 is 2.03. The van der Waals surface area contributed by atoms with Crippen molar-refractivity contribution in [3.63, 3.8) is 0 Å². The molecule has 0 radical (unpaired) electrons. The molecule has 1 atom stereocenters. The highest BCUT2D eigenvalue weighted by Gasteiger charge is 2.21. The molecule has 1 aliphatic heterocycles. The van der Waals surface area contributed by atoms with Crippen LogP contribution in [0, 0.1) is 0 Å². The van der Waals surface area contributed by atoms with E-state index in [0.29, 0.717) is 6.04 Å². The molecule has 0 aliphatic carbocycles. The lowest BCUT2D eigenvalue weighted by Crippen LogP contribution is -2.51.